The van der Waals surface area contributed by atoms with Gasteiger partial charge < -0.3 is 15.0 Å². The van der Waals surface area contributed by atoms with Crippen LogP contribution in [0.4, 0.5) is 0 Å². The lowest BCUT2D eigenvalue weighted by atomic mass is 9.90. The number of hydrogen-bond acceptors (Lipinski definition) is 3. The van der Waals surface area contributed by atoms with E-state index in [1.807, 2.05) is 4.90 Å². The maximum Gasteiger partial charge on any atom is 0.248 e. The number of ether oxygens (including phenoxy) is 1. The summed E-state index contributed by atoms with van der Waals surface area (Å²) < 4.78 is 5.82. The Labute approximate surface area is 108 Å². The van der Waals surface area contributed by atoms with Gasteiger partial charge >= 0.3 is 0 Å². The summed E-state index contributed by atoms with van der Waals surface area (Å²) in [4.78, 5) is 13.8. The van der Waals surface area contributed by atoms with Crippen LogP contribution in [0.25, 0.3) is 0 Å². The van der Waals surface area contributed by atoms with Crippen molar-refractivity contribution in [1.82, 2.24) is 10.2 Å². The van der Waals surface area contributed by atoms with Crippen molar-refractivity contribution in [2.24, 2.45) is 5.92 Å². The maximum absolute atomic E-state index is 11.8. The number of piperidine rings is 1. The Morgan fingerprint density at radius 1 is 1.35 bits per heavy atom. The molecule has 0 aromatic carbocycles. The topological polar surface area (TPSA) is 41.6 Å². The number of hydrogen-bond donors (Lipinski definition) is 1. The van der Waals surface area contributed by atoms with Gasteiger partial charge in [-0.3, -0.25) is 4.79 Å². The Bertz CT molecular complexity index is 288. The molecule has 98 valence electrons. The summed E-state index contributed by atoms with van der Waals surface area (Å²) in [6, 6.07) is 0. The number of nitrogens with zero attached hydrogens (tertiary/aromatic N) is 1. The van der Waals surface area contributed by atoms with Crippen LogP contribution in [0.5, 0.6) is 0 Å². The second kappa shape index (κ2) is 5.12. The third kappa shape index (κ3) is 2.92. The van der Waals surface area contributed by atoms with Crippen LogP contribution in [-0.4, -0.2) is 49.2 Å². The van der Waals surface area contributed by atoms with E-state index in [0.717, 1.165) is 44.9 Å². The molecule has 0 aromatic heterocycles. The van der Waals surface area contributed by atoms with E-state index in [-0.39, 0.29) is 23.9 Å². The fraction of sp³-hybridized carbons (Fsp3) is 0.917. The molecule has 1 saturated carbocycles. The summed E-state index contributed by atoms with van der Waals surface area (Å²) in [5.41, 5.74) is -0.0337. The molecule has 3 aliphatic rings. The maximum atomic E-state index is 11.8. The van der Waals surface area contributed by atoms with Crippen LogP contribution in [0.15, 0.2) is 0 Å². The van der Waals surface area contributed by atoms with Gasteiger partial charge in [0, 0.05) is 13.1 Å². The number of nitrogens with one attached hydrogen (secondary N) is 1. The minimum Gasteiger partial charge on any atom is -0.363 e. The van der Waals surface area contributed by atoms with E-state index in [1.54, 1.807) is 0 Å². The van der Waals surface area contributed by atoms with Gasteiger partial charge in [-0.15, -0.1) is 12.4 Å². The highest BCUT2D eigenvalue weighted by molar-refractivity contribution is 5.85. The summed E-state index contributed by atoms with van der Waals surface area (Å²) in [7, 11) is 0. The zero-order chi connectivity index (χ0) is 11.0. The number of amides is 1. The number of carbonyl (C=O) groups is 1. The first-order valence-electron chi connectivity index (χ1n) is 6.40. The van der Waals surface area contributed by atoms with Gasteiger partial charge in [0.2, 0.25) is 5.91 Å². The fourth-order valence-corrected chi connectivity index (χ4v) is 2.75. The summed E-state index contributed by atoms with van der Waals surface area (Å²) in [6.07, 6.45) is 4.70. The highest BCUT2D eigenvalue weighted by Gasteiger charge is 2.41. The van der Waals surface area contributed by atoms with E-state index in [2.05, 4.69) is 5.32 Å². The molecule has 0 unspecified atom stereocenters. The molecule has 1 aliphatic carbocycles. The summed E-state index contributed by atoms with van der Waals surface area (Å²) in [5.74, 6) is 0.969. The van der Waals surface area contributed by atoms with Gasteiger partial charge in [-0.05, 0) is 44.7 Å². The largest absolute Gasteiger partial charge is 0.363 e. The van der Waals surface area contributed by atoms with E-state index >= 15 is 0 Å². The summed E-state index contributed by atoms with van der Waals surface area (Å²) in [6.45, 7) is 4.13. The molecule has 3 fully saturated rings. The first kappa shape index (κ1) is 13.1. The molecule has 2 saturated heterocycles. The third-order valence-electron chi connectivity index (χ3n) is 4.02. The molecular weight excluding hydrogens is 240 g/mol. The van der Waals surface area contributed by atoms with Crippen molar-refractivity contribution in [2.75, 3.05) is 32.8 Å². The fourth-order valence-electron chi connectivity index (χ4n) is 2.75. The zero-order valence-electron chi connectivity index (χ0n) is 10.1. The van der Waals surface area contributed by atoms with Gasteiger partial charge in [-0.1, -0.05) is 0 Å². The van der Waals surface area contributed by atoms with Crippen molar-refractivity contribution in [3.8, 4) is 0 Å². The molecule has 17 heavy (non-hydrogen) atoms. The number of morpholine rings is 1. The van der Waals surface area contributed by atoms with E-state index in [0.29, 0.717) is 6.61 Å². The lowest BCUT2D eigenvalue weighted by molar-refractivity contribution is -0.168. The monoisotopic (exact) mass is 260 g/mol. The predicted octanol–water partition coefficient (Wildman–Crippen LogP) is 0.799. The smallest absolute Gasteiger partial charge is 0.248 e. The van der Waals surface area contributed by atoms with E-state index in [4.69, 9.17) is 4.74 Å². The Morgan fingerprint density at radius 2 is 2.06 bits per heavy atom. The van der Waals surface area contributed by atoms with Crippen molar-refractivity contribution >= 4 is 18.3 Å². The van der Waals surface area contributed by atoms with Gasteiger partial charge in [0.05, 0.1) is 5.60 Å². The van der Waals surface area contributed by atoms with Gasteiger partial charge in [0.1, 0.15) is 6.61 Å². The first-order chi connectivity index (χ1) is 7.77. The number of rotatable bonds is 2. The second-order valence-electron chi connectivity index (χ2n) is 5.44. The van der Waals surface area contributed by atoms with Crippen LogP contribution in [-0.2, 0) is 9.53 Å². The molecule has 0 radical (unpaired) electrons. The van der Waals surface area contributed by atoms with Crippen molar-refractivity contribution < 1.29 is 9.53 Å². The summed E-state index contributed by atoms with van der Waals surface area (Å²) in [5, 5.41) is 3.35. The second-order valence-corrected chi connectivity index (χ2v) is 5.44. The molecule has 2 aliphatic heterocycles. The van der Waals surface area contributed by atoms with E-state index in [9.17, 15) is 4.79 Å². The zero-order valence-corrected chi connectivity index (χ0v) is 10.9. The molecular formula is C12H21ClN2O2. The Balaban J connectivity index is 0.00000108. The normalized spacial score (nSPS) is 28.0. The average molecular weight is 261 g/mol. The molecule has 5 heteroatoms. The van der Waals surface area contributed by atoms with Gasteiger partial charge in [0.25, 0.3) is 0 Å². The Hall–Kier alpha value is -0.320. The quantitative estimate of drug-likeness (QED) is 0.799. The highest BCUT2D eigenvalue weighted by Crippen LogP contribution is 2.33. The predicted molar refractivity (Wildman–Crippen MR) is 67.3 cm³/mol. The van der Waals surface area contributed by atoms with E-state index < -0.39 is 0 Å². The minimum atomic E-state index is -0.0337. The van der Waals surface area contributed by atoms with Crippen LogP contribution in [0.1, 0.15) is 25.7 Å². The van der Waals surface area contributed by atoms with Crippen molar-refractivity contribution in [1.29, 1.82) is 0 Å². The molecule has 1 N–H and O–H groups in total. The molecule has 4 nitrogen and oxygen atoms in total. The minimum absolute atomic E-state index is 0. The highest BCUT2D eigenvalue weighted by atomic mass is 35.5. The van der Waals surface area contributed by atoms with E-state index in [1.165, 1.54) is 12.8 Å². The Kier molecular flexibility index (Phi) is 3.95. The van der Waals surface area contributed by atoms with Crippen LogP contribution < -0.4 is 5.32 Å². The Morgan fingerprint density at radius 3 is 2.71 bits per heavy atom. The van der Waals surface area contributed by atoms with Crippen LogP contribution >= 0.6 is 12.4 Å². The number of halogens is 1. The van der Waals surface area contributed by atoms with Crippen LogP contribution in [0.3, 0.4) is 0 Å². The SMILES string of the molecule is Cl.O=C1COC2(CCNCC2)CN1CC1CC1. The van der Waals surface area contributed by atoms with Crippen LogP contribution in [0, 0.1) is 5.92 Å². The van der Waals surface area contributed by atoms with Crippen molar-refractivity contribution in [2.45, 2.75) is 31.3 Å². The molecule has 2 heterocycles. The molecule has 1 spiro atoms. The van der Waals surface area contributed by atoms with Gasteiger partial charge in [-0.25, -0.2) is 0 Å². The van der Waals surface area contributed by atoms with Crippen molar-refractivity contribution in [3.05, 3.63) is 0 Å². The standard InChI is InChI=1S/C12H20N2O2.ClH/c15-11-8-16-12(3-5-13-6-4-12)9-14(11)7-10-1-2-10;/h10,13H,1-9H2;1H. The van der Waals surface area contributed by atoms with Gasteiger partial charge in [0.15, 0.2) is 0 Å². The molecule has 0 bridgehead atoms. The van der Waals surface area contributed by atoms with Crippen LogP contribution in [0.2, 0.25) is 0 Å². The lowest BCUT2D eigenvalue weighted by Gasteiger charge is -2.44. The molecule has 3 rings (SSSR count). The first-order valence-corrected chi connectivity index (χ1v) is 6.40. The lowest BCUT2D eigenvalue weighted by Crippen LogP contribution is -2.58. The van der Waals surface area contributed by atoms with Gasteiger partial charge in [-0.2, -0.15) is 0 Å². The summed E-state index contributed by atoms with van der Waals surface area (Å²) >= 11 is 0. The molecule has 0 aromatic rings. The third-order valence-corrected chi connectivity index (χ3v) is 4.02. The van der Waals surface area contributed by atoms with Crippen molar-refractivity contribution in [3.63, 3.8) is 0 Å². The molecule has 1 amide bonds. The molecule has 0 atom stereocenters. The average Bonchev–Trinajstić information content (AvgIpc) is 3.09. The number of carbonyl (C=O) groups excluding carboxylic acids is 1.